The van der Waals surface area contributed by atoms with Gasteiger partial charge in [-0.3, -0.25) is 0 Å². The summed E-state index contributed by atoms with van der Waals surface area (Å²) in [6, 6.07) is 0.695. The zero-order valence-corrected chi connectivity index (χ0v) is 12.6. The lowest BCUT2D eigenvalue weighted by Crippen LogP contribution is -2.42. The summed E-state index contributed by atoms with van der Waals surface area (Å²) in [4.78, 5) is 2.62. The number of nitrogens with one attached hydrogen (secondary N) is 1. The molecule has 108 valence electrons. The molecule has 3 nitrogen and oxygen atoms in total. The van der Waals surface area contributed by atoms with Gasteiger partial charge in [-0.05, 0) is 71.1 Å². The molecule has 0 saturated carbocycles. The molecule has 0 aromatic carbocycles. The molecule has 1 saturated heterocycles. The third-order valence-corrected chi connectivity index (χ3v) is 4.13. The van der Waals surface area contributed by atoms with Crippen molar-refractivity contribution in [1.29, 1.82) is 0 Å². The molecule has 1 aliphatic rings. The third-order valence-electron chi connectivity index (χ3n) is 4.13. The lowest BCUT2D eigenvalue weighted by atomic mass is 9.90. The summed E-state index contributed by atoms with van der Waals surface area (Å²) in [5.41, 5.74) is 0. The van der Waals surface area contributed by atoms with Crippen molar-refractivity contribution in [3.8, 4) is 0 Å². The van der Waals surface area contributed by atoms with Crippen LogP contribution in [-0.2, 0) is 4.74 Å². The Morgan fingerprint density at radius 2 is 2.00 bits per heavy atom. The largest absolute Gasteiger partial charge is 0.385 e. The van der Waals surface area contributed by atoms with E-state index in [1.165, 1.54) is 58.3 Å². The van der Waals surface area contributed by atoms with E-state index >= 15 is 0 Å². The van der Waals surface area contributed by atoms with Gasteiger partial charge in [-0.2, -0.15) is 0 Å². The molecular formula is C15H32N2O. The summed E-state index contributed by atoms with van der Waals surface area (Å²) in [5.74, 6) is 0.881. The molecule has 0 aromatic rings. The molecule has 0 amide bonds. The molecule has 1 unspecified atom stereocenters. The monoisotopic (exact) mass is 256 g/mol. The standard InChI is InChI=1S/C15H32N2O/c1-4-9-16-14(2)15-7-11-17(12-8-15)10-5-6-13-18-3/h14-16H,4-13H2,1-3H3. The average Bonchev–Trinajstić information content (AvgIpc) is 2.41. The molecule has 0 spiro atoms. The predicted octanol–water partition coefficient (Wildman–Crippen LogP) is 2.51. The molecule has 1 aliphatic heterocycles. The van der Waals surface area contributed by atoms with Crippen molar-refractivity contribution in [2.24, 2.45) is 5.92 Å². The van der Waals surface area contributed by atoms with Gasteiger partial charge < -0.3 is 15.0 Å². The number of nitrogens with zero attached hydrogens (tertiary/aromatic N) is 1. The molecule has 18 heavy (non-hydrogen) atoms. The lowest BCUT2D eigenvalue weighted by Gasteiger charge is -2.35. The smallest absolute Gasteiger partial charge is 0.0462 e. The van der Waals surface area contributed by atoms with E-state index in [2.05, 4.69) is 24.1 Å². The number of ether oxygens (including phenoxy) is 1. The van der Waals surface area contributed by atoms with Crippen molar-refractivity contribution < 1.29 is 4.74 Å². The van der Waals surface area contributed by atoms with Gasteiger partial charge in [-0.15, -0.1) is 0 Å². The zero-order chi connectivity index (χ0) is 13.2. The van der Waals surface area contributed by atoms with Crippen LogP contribution < -0.4 is 5.32 Å². The summed E-state index contributed by atoms with van der Waals surface area (Å²) in [6.07, 6.45) is 6.44. The maximum Gasteiger partial charge on any atom is 0.0462 e. The van der Waals surface area contributed by atoms with E-state index in [1.807, 2.05) is 0 Å². The van der Waals surface area contributed by atoms with Crippen LogP contribution in [0.15, 0.2) is 0 Å². The molecular weight excluding hydrogens is 224 g/mol. The predicted molar refractivity (Wildman–Crippen MR) is 78.0 cm³/mol. The number of unbranched alkanes of at least 4 members (excludes halogenated alkanes) is 1. The summed E-state index contributed by atoms with van der Waals surface area (Å²) in [6.45, 7) is 10.5. The highest BCUT2D eigenvalue weighted by molar-refractivity contribution is 4.79. The number of methoxy groups -OCH3 is 1. The van der Waals surface area contributed by atoms with Crippen molar-refractivity contribution >= 4 is 0 Å². The van der Waals surface area contributed by atoms with Crippen LogP contribution in [-0.4, -0.2) is 50.8 Å². The fourth-order valence-electron chi connectivity index (χ4n) is 2.80. The summed E-state index contributed by atoms with van der Waals surface area (Å²) >= 11 is 0. The molecule has 0 aromatic heterocycles. The number of hydrogen-bond acceptors (Lipinski definition) is 3. The summed E-state index contributed by atoms with van der Waals surface area (Å²) < 4.78 is 5.09. The second kappa shape index (κ2) is 9.76. The highest BCUT2D eigenvalue weighted by atomic mass is 16.5. The Kier molecular flexibility index (Phi) is 8.64. The fraction of sp³-hybridized carbons (Fsp3) is 1.00. The van der Waals surface area contributed by atoms with Crippen molar-refractivity contribution in [3.05, 3.63) is 0 Å². The summed E-state index contributed by atoms with van der Waals surface area (Å²) in [7, 11) is 1.79. The van der Waals surface area contributed by atoms with E-state index in [0.29, 0.717) is 6.04 Å². The van der Waals surface area contributed by atoms with E-state index in [9.17, 15) is 0 Å². The number of piperidine rings is 1. The molecule has 3 heteroatoms. The molecule has 1 rings (SSSR count). The average molecular weight is 256 g/mol. The van der Waals surface area contributed by atoms with Crippen LogP contribution in [0.5, 0.6) is 0 Å². The van der Waals surface area contributed by atoms with Crippen LogP contribution in [0, 0.1) is 5.92 Å². The Morgan fingerprint density at radius 3 is 2.61 bits per heavy atom. The van der Waals surface area contributed by atoms with Gasteiger partial charge in [0.2, 0.25) is 0 Å². The Balaban J connectivity index is 2.08. The van der Waals surface area contributed by atoms with Crippen molar-refractivity contribution in [2.75, 3.05) is 39.9 Å². The van der Waals surface area contributed by atoms with Crippen LogP contribution in [0.2, 0.25) is 0 Å². The molecule has 1 heterocycles. The van der Waals surface area contributed by atoms with Gasteiger partial charge in [0.25, 0.3) is 0 Å². The van der Waals surface area contributed by atoms with Gasteiger partial charge >= 0.3 is 0 Å². The van der Waals surface area contributed by atoms with E-state index in [4.69, 9.17) is 4.74 Å². The van der Waals surface area contributed by atoms with Crippen LogP contribution in [0.1, 0.15) is 46.0 Å². The van der Waals surface area contributed by atoms with Crippen molar-refractivity contribution in [3.63, 3.8) is 0 Å². The maximum absolute atomic E-state index is 5.09. The minimum atomic E-state index is 0.695. The van der Waals surface area contributed by atoms with Gasteiger partial charge in [0.05, 0.1) is 0 Å². The third kappa shape index (κ3) is 6.17. The van der Waals surface area contributed by atoms with Crippen LogP contribution >= 0.6 is 0 Å². The normalized spacial score (nSPS) is 20.2. The van der Waals surface area contributed by atoms with Crippen molar-refractivity contribution in [2.45, 2.75) is 52.0 Å². The van der Waals surface area contributed by atoms with Gasteiger partial charge in [0, 0.05) is 19.8 Å². The number of likely N-dealkylation sites (tertiary alicyclic amines) is 1. The van der Waals surface area contributed by atoms with Gasteiger partial charge in [0.15, 0.2) is 0 Å². The Labute approximate surface area is 113 Å². The van der Waals surface area contributed by atoms with Crippen molar-refractivity contribution in [1.82, 2.24) is 10.2 Å². The van der Waals surface area contributed by atoms with Crippen LogP contribution in [0.25, 0.3) is 0 Å². The minimum absolute atomic E-state index is 0.695. The first-order valence-corrected chi connectivity index (χ1v) is 7.72. The molecule has 1 N–H and O–H groups in total. The first-order valence-electron chi connectivity index (χ1n) is 7.72. The van der Waals surface area contributed by atoms with E-state index in [0.717, 1.165) is 12.5 Å². The summed E-state index contributed by atoms with van der Waals surface area (Å²) in [5, 5.41) is 3.64. The molecule has 1 atom stereocenters. The first kappa shape index (κ1) is 15.9. The number of rotatable bonds is 9. The maximum atomic E-state index is 5.09. The van der Waals surface area contributed by atoms with E-state index in [-0.39, 0.29) is 0 Å². The molecule has 1 fully saturated rings. The topological polar surface area (TPSA) is 24.5 Å². The Hall–Kier alpha value is -0.120. The highest BCUT2D eigenvalue weighted by Crippen LogP contribution is 2.20. The van der Waals surface area contributed by atoms with Gasteiger partial charge in [-0.25, -0.2) is 0 Å². The van der Waals surface area contributed by atoms with Crippen LogP contribution in [0.4, 0.5) is 0 Å². The zero-order valence-electron chi connectivity index (χ0n) is 12.6. The second-order valence-electron chi connectivity index (χ2n) is 5.62. The molecule has 0 radical (unpaired) electrons. The minimum Gasteiger partial charge on any atom is -0.385 e. The van der Waals surface area contributed by atoms with E-state index in [1.54, 1.807) is 7.11 Å². The Morgan fingerprint density at radius 1 is 1.28 bits per heavy atom. The second-order valence-corrected chi connectivity index (χ2v) is 5.62. The molecule has 0 aliphatic carbocycles. The number of hydrogen-bond donors (Lipinski definition) is 1. The van der Waals surface area contributed by atoms with E-state index < -0.39 is 0 Å². The SMILES string of the molecule is CCCNC(C)C1CCN(CCCCOC)CC1. The molecule has 0 bridgehead atoms. The van der Waals surface area contributed by atoms with Gasteiger partial charge in [0.1, 0.15) is 0 Å². The fourth-order valence-corrected chi connectivity index (χ4v) is 2.80. The first-order chi connectivity index (χ1) is 8.77. The van der Waals surface area contributed by atoms with Gasteiger partial charge in [-0.1, -0.05) is 6.92 Å². The Bertz CT molecular complexity index is 191. The van der Waals surface area contributed by atoms with Crippen LogP contribution in [0.3, 0.4) is 0 Å². The lowest BCUT2D eigenvalue weighted by molar-refractivity contribution is 0.150. The quantitative estimate of drug-likeness (QED) is 0.642. The highest BCUT2D eigenvalue weighted by Gasteiger charge is 2.22.